The Labute approximate surface area is 117 Å². The molecular formula is C15H18N4O. The van der Waals surface area contributed by atoms with Crippen LogP contribution in [-0.4, -0.2) is 24.7 Å². The van der Waals surface area contributed by atoms with E-state index in [-0.39, 0.29) is 0 Å². The maximum atomic E-state index is 10.4. The molecule has 0 saturated carbocycles. The Kier molecular flexibility index (Phi) is 3.28. The van der Waals surface area contributed by atoms with Gasteiger partial charge >= 0.3 is 0 Å². The summed E-state index contributed by atoms with van der Waals surface area (Å²) in [4.78, 5) is 0. The quantitative estimate of drug-likeness (QED) is 0.788. The third kappa shape index (κ3) is 2.20. The molecule has 0 bridgehead atoms. The Morgan fingerprint density at radius 1 is 1.15 bits per heavy atom. The summed E-state index contributed by atoms with van der Waals surface area (Å²) in [6.45, 7) is 0. The van der Waals surface area contributed by atoms with Gasteiger partial charge in [-0.25, -0.2) is 0 Å². The average Bonchev–Trinajstić information content (AvgIpc) is 3.01. The molecule has 1 N–H and O–H groups in total. The fourth-order valence-corrected chi connectivity index (χ4v) is 2.56. The van der Waals surface area contributed by atoms with Crippen molar-refractivity contribution in [3.8, 4) is 0 Å². The van der Waals surface area contributed by atoms with E-state index in [4.69, 9.17) is 0 Å². The zero-order chi connectivity index (χ0) is 14.1. The minimum absolute atomic E-state index is 0.559. The van der Waals surface area contributed by atoms with Gasteiger partial charge in [0.2, 0.25) is 0 Å². The number of aliphatic hydroxyl groups excluding tert-OH is 1. The van der Waals surface area contributed by atoms with Gasteiger partial charge in [0.1, 0.15) is 0 Å². The summed E-state index contributed by atoms with van der Waals surface area (Å²) < 4.78 is 3.65. The number of aliphatic hydroxyl groups is 1. The Morgan fingerprint density at radius 3 is 2.70 bits per heavy atom. The molecule has 2 heterocycles. The van der Waals surface area contributed by atoms with Crippen molar-refractivity contribution in [3.63, 3.8) is 0 Å². The van der Waals surface area contributed by atoms with Gasteiger partial charge in [0, 0.05) is 31.4 Å². The van der Waals surface area contributed by atoms with Gasteiger partial charge < -0.3 is 5.11 Å². The van der Waals surface area contributed by atoms with Gasteiger partial charge in [-0.15, -0.1) is 0 Å². The van der Waals surface area contributed by atoms with Crippen molar-refractivity contribution in [2.24, 2.45) is 14.1 Å². The fourth-order valence-electron chi connectivity index (χ4n) is 2.56. The van der Waals surface area contributed by atoms with Crippen LogP contribution in [0.15, 0.2) is 36.5 Å². The van der Waals surface area contributed by atoms with Gasteiger partial charge in [0.15, 0.2) is 0 Å². The minimum atomic E-state index is -0.559. The summed E-state index contributed by atoms with van der Waals surface area (Å²) >= 11 is 0. The molecule has 0 amide bonds. The van der Waals surface area contributed by atoms with Gasteiger partial charge in [0.25, 0.3) is 0 Å². The summed E-state index contributed by atoms with van der Waals surface area (Å²) in [6, 6.07) is 9.95. The molecule has 0 radical (unpaired) electrons. The lowest BCUT2D eigenvalue weighted by atomic mass is 10.1. The van der Waals surface area contributed by atoms with Crippen LogP contribution in [0.1, 0.15) is 23.9 Å². The van der Waals surface area contributed by atoms with Crippen LogP contribution >= 0.6 is 0 Å². The fraction of sp³-hybridized carbons (Fsp3) is 0.333. The second-order valence-electron chi connectivity index (χ2n) is 5.03. The number of fused-ring (bicyclic) bond motifs is 1. The molecule has 5 nitrogen and oxygen atoms in total. The Morgan fingerprint density at radius 2 is 1.95 bits per heavy atom. The first kappa shape index (κ1) is 12.9. The topological polar surface area (TPSA) is 55.9 Å². The van der Waals surface area contributed by atoms with Crippen molar-refractivity contribution in [3.05, 3.63) is 47.9 Å². The first-order chi connectivity index (χ1) is 9.66. The summed E-state index contributed by atoms with van der Waals surface area (Å²) in [7, 11) is 3.82. The van der Waals surface area contributed by atoms with Crippen LogP contribution in [0.3, 0.4) is 0 Å². The highest BCUT2D eigenvalue weighted by molar-refractivity contribution is 5.82. The lowest BCUT2D eigenvalue weighted by Crippen LogP contribution is -2.05. The molecule has 0 fully saturated rings. The van der Waals surface area contributed by atoms with Crippen molar-refractivity contribution in [1.29, 1.82) is 0 Å². The average molecular weight is 270 g/mol. The first-order valence-electron chi connectivity index (χ1n) is 6.73. The van der Waals surface area contributed by atoms with Crippen molar-refractivity contribution in [2.45, 2.75) is 18.9 Å². The maximum Gasteiger partial charge on any atom is 0.0988 e. The van der Waals surface area contributed by atoms with E-state index in [1.54, 1.807) is 6.20 Å². The predicted octanol–water partition coefficient (Wildman–Crippen LogP) is 1.97. The molecule has 0 saturated heterocycles. The number of hydrogen-bond donors (Lipinski definition) is 1. The largest absolute Gasteiger partial charge is 0.387 e. The van der Waals surface area contributed by atoms with Gasteiger partial charge in [0.05, 0.1) is 17.3 Å². The molecule has 1 unspecified atom stereocenters. The lowest BCUT2D eigenvalue weighted by Gasteiger charge is -2.08. The van der Waals surface area contributed by atoms with Crippen LogP contribution in [0.2, 0.25) is 0 Å². The molecule has 0 aliphatic heterocycles. The Hall–Kier alpha value is -2.14. The van der Waals surface area contributed by atoms with E-state index < -0.39 is 6.10 Å². The van der Waals surface area contributed by atoms with Crippen LogP contribution in [0.25, 0.3) is 10.9 Å². The smallest absolute Gasteiger partial charge is 0.0988 e. The molecule has 20 heavy (non-hydrogen) atoms. The summed E-state index contributed by atoms with van der Waals surface area (Å²) in [5, 5.41) is 20.0. The van der Waals surface area contributed by atoms with E-state index in [0.29, 0.717) is 6.42 Å². The van der Waals surface area contributed by atoms with Gasteiger partial charge in [-0.2, -0.15) is 10.2 Å². The third-order valence-corrected chi connectivity index (χ3v) is 3.70. The van der Waals surface area contributed by atoms with E-state index in [2.05, 4.69) is 10.2 Å². The van der Waals surface area contributed by atoms with E-state index >= 15 is 0 Å². The molecular weight excluding hydrogens is 252 g/mol. The molecule has 3 rings (SSSR count). The summed E-state index contributed by atoms with van der Waals surface area (Å²) in [5.41, 5.74) is 2.91. The van der Waals surface area contributed by atoms with Crippen molar-refractivity contribution < 1.29 is 5.11 Å². The normalized spacial score (nSPS) is 12.9. The molecule has 1 atom stereocenters. The van der Waals surface area contributed by atoms with Crippen LogP contribution < -0.4 is 0 Å². The summed E-state index contributed by atoms with van der Waals surface area (Å²) in [5.74, 6) is 0. The Bertz CT molecular complexity index is 728. The number of benzene rings is 1. The standard InChI is InChI=1S/C15H18N4O/c1-18-11(9-10-16-18)7-8-14(20)15-12-5-3-4-6-13(12)19(2)17-15/h3-6,9-10,14,20H,7-8H2,1-2H3. The van der Waals surface area contributed by atoms with Crippen molar-refractivity contribution in [2.75, 3.05) is 0 Å². The number of nitrogens with zero attached hydrogens (tertiary/aromatic N) is 4. The van der Waals surface area contributed by atoms with E-state index in [1.165, 1.54) is 0 Å². The number of aryl methyl sites for hydroxylation is 3. The third-order valence-electron chi connectivity index (χ3n) is 3.70. The summed E-state index contributed by atoms with van der Waals surface area (Å²) in [6.07, 6.45) is 2.64. The SMILES string of the molecule is Cn1nccc1CCC(O)c1nn(C)c2ccccc12. The predicted molar refractivity (Wildman–Crippen MR) is 77.2 cm³/mol. The highest BCUT2D eigenvalue weighted by atomic mass is 16.3. The number of hydrogen-bond acceptors (Lipinski definition) is 3. The molecule has 3 aromatic rings. The van der Waals surface area contributed by atoms with E-state index in [0.717, 1.165) is 28.7 Å². The van der Waals surface area contributed by atoms with Crippen molar-refractivity contribution in [1.82, 2.24) is 19.6 Å². The first-order valence-corrected chi connectivity index (χ1v) is 6.73. The zero-order valence-corrected chi connectivity index (χ0v) is 11.7. The minimum Gasteiger partial charge on any atom is -0.387 e. The molecule has 104 valence electrons. The number of para-hydroxylation sites is 1. The van der Waals surface area contributed by atoms with Crippen LogP contribution in [-0.2, 0) is 20.5 Å². The highest BCUT2D eigenvalue weighted by Gasteiger charge is 2.16. The van der Waals surface area contributed by atoms with E-state index in [9.17, 15) is 5.11 Å². The van der Waals surface area contributed by atoms with Gasteiger partial charge in [-0.3, -0.25) is 9.36 Å². The molecule has 0 aliphatic rings. The van der Waals surface area contributed by atoms with E-state index in [1.807, 2.05) is 53.8 Å². The molecule has 5 heteroatoms. The zero-order valence-electron chi connectivity index (χ0n) is 11.7. The second kappa shape index (κ2) is 5.09. The highest BCUT2D eigenvalue weighted by Crippen LogP contribution is 2.25. The van der Waals surface area contributed by atoms with Crippen molar-refractivity contribution >= 4 is 10.9 Å². The molecule has 1 aromatic carbocycles. The molecule has 0 aliphatic carbocycles. The number of aromatic nitrogens is 4. The van der Waals surface area contributed by atoms with Gasteiger partial charge in [-0.1, -0.05) is 18.2 Å². The maximum absolute atomic E-state index is 10.4. The lowest BCUT2D eigenvalue weighted by molar-refractivity contribution is 0.163. The van der Waals surface area contributed by atoms with Crippen LogP contribution in [0.4, 0.5) is 0 Å². The monoisotopic (exact) mass is 270 g/mol. The van der Waals surface area contributed by atoms with Crippen LogP contribution in [0, 0.1) is 0 Å². The molecule has 2 aromatic heterocycles. The second-order valence-corrected chi connectivity index (χ2v) is 5.03. The van der Waals surface area contributed by atoms with Gasteiger partial charge in [-0.05, 0) is 25.0 Å². The number of rotatable bonds is 4. The molecule has 0 spiro atoms. The van der Waals surface area contributed by atoms with Crippen LogP contribution in [0.5, 0.6) is 0 Å². The Balaban J connectivity index is 1.82.